The SMILES string of the molecule is CC(=O)N1CCN(S(=O)(=O)c2ccc([N+](=O)[O-])cc2)CC1. The minimum absolute atomic E-state index is 0.0179. The molecule has 0 spiro atoms. The van der Waals surface area contributed by atoms with E-state index in [4.69, 9.17) is 0 Å². The van der Waals surface area contributed by atoms with E-state index in [-0.39, 0.29) is 29.6 Å². The summed E-state index contributed by atoms with van der Waals surface area (Å²) in [5.41, 5.74) is -0.157. The van der Waals surface area contributed by atoms with E-state index >= 15 is 0 Å². The molecule has 0 unspecified atom stereocenters. The summed E-state index contributed by atoms with van der Waals surface area (Å²) in [7, 11) is -3.68. The molecule has 8 nitrogen and oxygen atoms in total. The topological polar surface area (TPSA) is 101 Å². The number of carbonyl (C=O) groups is 1. The van der Waals surface area contributed by atoms with E-state index in [0.29, 0.717) is 13.1 Å². The molecule has 0 aliphatic carbocycles. The number of benzene rings is 1. The van der Waals surface area contributed by atoms with E-state index in [1.165, 1.54) is 35.5 Å². The minimum Gasteiger partial charge on any atom is -0.340 e. The molecule has 1 aromatic rings. The van der Waals surface area contributed by atoms with Crippen LogP contribution in [-0.4, -0.2) is 54.6 Å². The van der Waals surface area contributed by atoms with E-state index in [1.807, 2.05) is 0 Å². The third-order valence-corrected chi connectivity index (χ3v) is 5.28. The molecule has 0 saturated carbocycles. The van der Waals surface area contributed by atoms with Crippen LogP contribution >= 0.6 is 0 Å². The molecule has 1 aliphatic rings. The lowest BCUT2D eigenvalue weighted by Gasteiger charge is -2.33. The van der Waals surface area contributed by atoms with Gasteiger partial charge in [0.15, 0.2) is 0 Å². The van der Waals surface area contributed by atoms with E-state index in [0.717, 1.165) is 0 Å². The number of rotatable bonds is 3. The van der Waals surface area contributed by atoms with Gasteiger partial charge in [-0.25, -0.2) is 8.42 Å². The lowest BCUT2D eigenvalue weighted by molar-refractivity contribution is -0.384. The van der Waals surface area contributed by atoms with Gasteiger partial charge >= 0.3 is 0 Å². The lowest BCUT2D eigenvalue weighted by Crippen LogP contribution is -2.49. The highest BCUT2D eigenvalue weighted by molar-refractivity contribution is 7.89. The fraction of sp³-hybridized carbons (Fsp3) is 0.417. The molecule has 114 valence electrons. The van der Waals surface area contributed by atoms with Crippen molar-refractivity contribution in [2.45, 2.75) is 11.8 Å². The Bertz CT molecular complexity index is 648. The van der Waals surface area contributed by atoms with Crippen molar-refractivity contribution in [1.29, 1.82) is 0 Å². The normalized spacial score (nSPS) is 16.7. The van der Waals surface area contributed by atoms with Crippen molar-refractivity contribution < 1.29 is 18.1 Å². The summed E-state index contributed by atoms with van der Waals surface area (Å²) in [5.74, 6) is -0.0811. The number of non-ortho nitro benzene ring substituents is 1. The number of amides is 1. The zero-order valence-electron chi connectivity index (χ0n) is 11.4. The second-order valence-corrected chi connectivity index (χ2v) is 6.60. The number of sulfonamides is 1. The molecule has 2 rings (SSSR count). The Morgan fingerprint density at radius 2 is 1.67 bits per heavy atom. The Kier molecular flexibility index (Phi) is 4.24. The summed E-state index contributed by atoms with van der Waals surface area (Å²) in [6.45, 7) is 2.58. The molecule has 1 aromatic carbocycles. The zero-order valence-corrected chi connectivity index (χ0v) is 12.2. The van der Waals surface area contributed by atoms with Gasteiger partial charge in [0.25, 0.3) is 5.69 Å². The molecule has 0 bridgehead atoms. The van der Waals surface area contributed by atoms with Gasteiger partial charge in [0.1, 0.15) is 0 Å². The van der Waals surface area contributed by atoms with Crippen LogP contribution in [0.4, 0.5) is 5.69 Å². The Morgan fingerprint density at radius 1 is 1.14 bits per heavy atom. The maximum atomic E-state index is 12.4. The van der Waals surface area contributed by atoms with Crippen molar-refractivity contribution in [3.05, 3.63) is 34.4 Å². The highest BCUT2D eigenvalue weighted by Crippen LogP contribution is 2.20. The van der Waals surface area contributed by atoms with Crippen molar-refractivity contribution in [3.8, 4) is 0 Å². The van der Waals surface area contributed by atoms with E-state index in [2.05, 4.69) is 0 Å². The van der Waals surface area contributed by atoms with Crippen LogP contribution in [0.3, 0.4) is 0 Å². The van der Waals surface area contributed by atoms with Gasteiger partial charge in [-0.15, -0.1) is 0 Å². The Morgan fingerprint density at radius 3 is 2.10 bits per heavy atom. The van der Waals surface area contributed by atoms with Crippen molar-refractivity contribution in [2.75, 3.05) is 26.2 Å². The molecule has 9 heteroatoms. The van der Waals surface area contributed by atoms with Gasteiger partial charge in [-0.2, -0.15) is 4.31 Å². The molecule has 1 aliphatic heterocycles. The number of nitrogens with zero attached hydrogens (tertiary/aromatic N) is 3. The first kappa shape index (κ1) is 15.4. The highest BCUT2D eigenvalue weighted by Gasteiger charge is 2.29. The van der Waals surface area contributed by atoms with Crippen LogP contribution in [0.25, 0.3) is 0 Å². The molecule has 1 fully saturated rings. The molecule has 1 heterocycles. The number of piperazine rings is 1. The number of nitro benzene ring substituents is 1. The number of hydrogen-bond acceptors (Lipinski definition) is 5. The van der Waals surface area contributed by atoms with Crippen LogP contribution in [0.2, 0.25) is 0 Å². The average molecular weight is 313 g/mol. The third-order valence-electron chi connectivity index (χ3n) is 3.37. The fourth-order valence-corrected chi connectivity index (χ4v) is 3.55. The maximum absolute atomic E-state index is 12.4. The van der Waals surface area contributed by atoms with Crippen LogP contribution < -0.4 is 0 Å². The molecule has 1 saturated heterocycles. The first-order valence-corrected chi connectivity index (χ1v) is 7.76. The Labute approximate surface area is 122 Å². The average Bonchev–Trinajstić information content (AvgIpc) is 2.47. The molecule has 21 heavy (non-hydrogen) atoms. The molecule has 0 N–H and O–H groups in total. The van der Waals surface area contributed by atoms with Crippen LogP contribution in [0, 0.1) is 10.1 Å². The van der Waals surface area contributed by atoms with Crippen molar-refractivity contribution in [2.24, 2.45) is 0 Å². The fourth-order valence-electron chi connectivity index (χ4n) is 2.13. The van der Waals surface area contributed by atoms with Crippen LogP contribution in [0.15, 0.2) is 29.2 Å². The second-order valence-electron chi connectivity index (χ2n) is 4.66. The van der Waals surface area contributed by atoms with Gasteiger partial charge in [-0.3, -0.25) is 14.9 Å². The van der Waals surface area contributed by atoms with E-state index < -0.39 is 14.9 Å². The summed E-state index contributed by atoms with van der Waals surface area (Å²) in [6, 6.07) is 4.78. The summed E-state index contributed by atoms with van der Waals surface area (Å²) in [4.78, 5) is 22.8. The molecular weight excluding hydrogens is 298 g/mol. The zero-order chi connectivity index (χ0) is 15.6. The second kappa shape index (κ2) is 5.78. The summed E-state index contributed by atoms with van der Waals surface area (Å²) < 4.78 is 26.1. The van der Waals surface area contributed by atoms with Gasteiger partial charge < -0.3 is 4.90 Å². The predicted molar refractivity (Wildman–Crippen MR) is 74.1 cm³/mol. The van der Waals surface area contributed by atoms with Gasteiger partial charge in [0, 0.05) is 45.2 Å². The molecule has 0 radical (unpaired) electrons. The van der Waals surface area contributed by atoms with Gasteiger partial charge in [-0.1, -0.05) is 0 Å². The van der Waals surface area contributed by atoms with Crippen molar-refractivity contribution in [1.82, 2.24) is 9.21 Å². The first-order valence-electron chi connectivity index (χ1n) is 6.32. The lowest BCUT2D eigenvalue weighted by atomic mass is 10.3. The molecule has 1 amide bonds. The summed E-state index contributed by atoms with van der Waals surface area (Å²) in [6.07, 6.45) is 0. The van der Waals surface area contributed by atoms with Gasteiger partial charge in [0.2, 0.25) is 15.9 Å². The van der Waals surface area contributed by atoms with Crippen LogP contribution in [0.1, 0.15) is 6.92 Å². The van der Waals surface area contributed by atoms with Gasteiger partial charge in [0.05, 0.1) is 9.82 Å². The molecule has 0 aromatic heterocycles. The molecule has 0 atom stereocenters. The molecular formula is C12H15N3O5S. The summed E-state index contributed by atoms with van der Waals surface area (Å²) in [5, 5.41) is 10.6. The Balaban J connectivity index is 2.15. The predicted octanol–water partition coefficient (Wildman–Crippen LogP) is 0.448. The van der Waals surface area contributed by atoms with Crippen LogP contribution in [0.5, 0.6) is 0 Å². The Hall–Kier alpha value is -2.00. The highest BCUT2D eigenvalue weighted by atomic mass is 32.2. The van der Waals surface area contributed by atoms with Gasteiger partial charge in [-0.05, 0) is 12.1 Å². The number of hydrogen-bond donors (Lipinski definition) is 0. The van der Waals surface area contributed by atoms with Crippen molar-refractivity contribution in [3.63, 3.8) is 0 Å². The monoisotopic (exact) mass is 313 g/mol. The summed E-state index contributed by atoms with van der Waals surface area (Å²) >= 11 is 0. The largest absolute Gasteiger partial charge is 0.340 e. The number of nitro groups is 1. The minimum atomic E-state index is -3.68. The smallest absolute Gasteiger partial charge is 0.269 e. The third kappa shape index (κ3) is 3.19. The van der Waals surface area contributed by atoms with Crippen LogP contribution in [-0.2, 0) is 14.8 Å². The quantitative estimate of drug-likeness (QED) is 0.595. The van der Waals surface area contributed by atoms with E-state index in [1.54, 1.807) is 4.90 Å². The number of carbonyl (C=O) groups excluding carboxylic acids is 1. The maximum Gasteiger partial charge on any atom is 0.269 e. The van der Waals surface area contributed by atoms with Crippen molar-refractivity contribution >= 4 is 21.6 Å². The standard InChI is InChI=1S/C12H15N3O5S/c1-10(16)13-6-8-14(9-7-13)21(19,20)12-4-2-11(3-5-12)15(17)18/h2-5H,6-9H2,1H3. The van der Waals surface area contributed by atoms with E-state index in [9.17, 15) is 23.3 Å². The first-order chi connectivity index (χ1) is 9.82.